The van der Waals surface area contributed by atoms with Gasteiger partial charge in [0.1, 0.15) is 16.6 Å². The highest BCUT2D eigenvalue weighted by Gasteiger charge is 2.02. The second-order valence-electron chi connectivity index (χ2n) is 2.89. The number of hydrogen-bond acceptors (Lipinski definition) is 5. The smallest absolute Gasteiger partial charge is 0.141 e. The molecule has 0 radical (unpaired) electrons. The van der Waals surface area contributed by atoms with Gasteiger partial charge in [0.15, 0.2) is 0 Å². The van der Waals surface area contributed by atoms with Crippen LogP contribution in [0.4, 0.5) is 0 Å². The van der Waals surface area contributed by atoms with Crippen molar-refractivity contribution < 1.29 is 0 Å². The fourth-order valence-electron chi connectivity index (χ4n) is 1.43. The molecule has 0 N–H and O–H groups in total. The lowest BCUT2D eigenvalue weighted by Gasteiger charge is -1.97. The van der Waals surface area contributed by atoms with Crippen LogP contribution in [-0.2, 0) is 0 Å². The van der Waals surface area contributed by atoms with Gasteiger partial charge in [-0.1, -0.05) is 12.1 Å². The summed E-state index contributed by atoms with van der Waals surface area (Å²) in [5.74, 6) is 0. The highest BCUT2D eigenvalue weighted by Crippen LogP contribution is 2.18. The van der Waals surface area contributed by atoms with Crippen molar-refractivity contribution in [2.45, 2.75) is 0 Å². The summed E-state index contributed by atoms with van der Waals surface area (Å²) in [5.41, 5.74) is 2.22. The molecule has 0 spiro atoms. The van der Waals surface area contributed by atoms with Crippen LogP contribution in [0.15, 0.2) is 30.5 Å². The van der Waals surface area contributed by atoms with Crippen molar-refractivity contribution in [3.63, 3.8) is 0 Å². The molecule has 0 atom stereocenters. The molecule has 5 heteroatoms. The first-order valence-corrected chi connectivity index (χ1v) is 4.15. The Balaban J connectivity index is 2.61. The monoisotopic (exact) mass is 183 g/mol. The maximum Gasteiger partial charge on any atom is 0.141 e. The Kier molecular flexibility index (Phi) is 1.38. The van der Waals surface area contributed by atoms with E-state index in [0.717, 1.165) is 10.9 Å². The van der Waals surface area contributed by atoms with Crippen molar-refractivity contribution in [2.75, 3.05) is 0 Å². The molecule has 0 aliphatic heterocycles. The van der Waals surface area contributed by atoms with E-state index in [0.29, 0.717) is 11.0 Å². The van der Waals surface area contributed by atoms with Crippen LogP contribution in [0.5, 0.6) is 0 Å². The Morgan fingerprint density at radius 3 is 2.79 bits per heavy atom. The standard InChI is InChI=1S/C9H5N5/c1-2-6-3-4-7-9(8(6)10-5-1)12-14-13-11-7/h1-5H. The Labute approximate surface area is 78.8 Å². The first-order valence-electron chi connectivity index (χ1n) is 4.15. The molecule has 0 fully saturated rings. The zero-order valence-corrected chi connectivity index (χ0v) is 7.12. The molecule has 0 aliphatic rings. The number of benzene rings is 1. The Morgan fingerprint density at radius 1 is 0.857 bits per heavy atom. The van der Waals surface area contributed by atoms with E-state index in [1.807, 2.05) is 24.3 Å². The summed E-state index contributed by atoms with van der Waals surface area (Å²) in [7, 11) is 0. The average Bonchev–Trinajstić information content (AvgIpc) is 2.29. The molecule has 0 aliphatic carbocycles. The number of rotatable bonds is 0. The van der Waals surface area contributed by atoms with Crippen LogP contribution in [0.25, 0.3) is 21.9 Å². The summed E-state index contributed by atoms with van der Waals surface area (Å²) in [6.07, 6.45) is 1.73. The lowest BCUT2D eigenvalue weighted by molar-refractivity contribution is 0.798. The maximum absolute atomic E-state index is 4.24. The van der Waals surface area contributed by atoms with Crippen molar-refractivity contribution >= 4 is 21.9 Å². The number of aromatic nitrogens is 5. The van der Waals surface area contributed by atoms with Gasteiger partial charge in [0, 0.05) is 11.6 Å². The minimum atomic E-state index is 0.693. The van der Waals surface area contributed by atoms with Gasteiger partial charge in [-0.05, 0) is 22.6 Å². The fraction of sp³-hybridized carbons (Fsp3) is 0. The Morgan fingerprint density at radius 2 is 1.79 bits per heavy atom. The molecule has 0 saturated carbocycles. The van der Waals surface area contributed by atoms with Gasteiger partial charge in [0.05, 0.1) is 0 Å². The summed E-state index contributed by atoms with van der Waals surface area (Å²) in [5, 5.41) is 15.8. The summed E-state index contributed by atoms with van der Waals surface area (Å²) in [6, 6.07) is 7.67. The van der Waals surface area contributed by atoms with E-state index in [1.54, 1.807) is 6.20 Å². The summed E-state index contributed by atoms with van der Waals surface area (Å²) in [4.78, 5) is 4.24. The van der Waals surface area contributed by atoms with Gasteiger partial charge in [0.2, 0.25) is 0 Å². The SMILES string of the molecule is c1cnc2c(c1)ccc1nnnnc12. The predicted molar refractivity (Wildman–Crippen MR) is 50.4 cm³/mol. The molecule has 0 saturated heterocycles. The predicted octanol–water partition coefficient (Wildman–Crippen LogP) is 0.968. The van der Waals surface area contributed by atoms with E-state index < -0.39 is 0 Å². The van der Waals surface area contributed by atoms with Crippen molar-refractivity contribution in [2.24, 2.45) is 0 Å². The Bertz CT molecular complexity index is 552. The van der Waals surface area contributed by atoms with Crippen LogP contribution in [0, 0.1) is 0 Å². The number of nitrogens with zero attached hydrogens (tertiary/aromatic N) is 5. The van der Waals surface area contributed by atoms with Crippen LogP contribution in [0.2, 0.25) is 0 Å². The second-order valence-corrected chi connectivity index (χ2v) is 2.89. The quantitative estimate of drug-likeness (QED) is 0.486. The van der Waals surface area contributed by atoms with Crippen LogP contribution >= 0.6 is 0 Å². The van der Waals surface area contributed by atoms with Crippen molar-refractivity contribution in [3.05, 3.63) is 30.5 Å². The molecular weight excluding hydrogens is 178 g/mol. The van der Waals surface area contributed by atoms with Gasteiger partial charge in [-0.2, -0.15) is 0 Å². The molecule has 1 aromatic carbocycles. The zero-order valence-electron chi connectivity index (χ0n) is 7.12. The molecule has 2 heterocycles. The van der Waals surface area contributed by atoms with Crippen LogP contribution < -0.4 is 0 Å². The highest BCUT2D eigenvalue weighted by molar-refractivity contribution is 6.00. The van der Waals surface area contributed by atoms with E-state index >= 15 is 0 Å². The summed E-state index contributed by atoms with van der Waals surface area (Å²) < 4.78 is 0. The fourth-order valence-corrected chi connectivity index (χ4v) is 1.43. The minimum Gasteiger partial charge on any atom is -0.254 e. The van der Waals surface area contributed by atoms with Crippen molar-refractivity contribution in [1.29, 1.82) is 0 Å². The molecule has 0 bridgehead atoms. The molecule has 0 amide bonds. The first-order chi connectivity index (χ1) is 6.95. The number of hydrogen-bond donors (Lipinski definition) is 0. The van der Waals surface area contributed by atoms with E-state index in [4.69, 9.17) is 0 Å². The summed E-state index contributed by atoms with van der Waals surface area (Å²) in [6.45, 7) is 0. The zero-order chi connectivity index (χ0) is 9.38. The van der Waals surface area contributed by atoms with Gasteiger partial charge in [0.25, 0.3) is 0 Å². The van der Waals surface area contributed by atoms with Gasteiger partial charge in [-0.15, -0.1) is 10.2 Å². The lowest BCUT2D eigenvalue weighted by atomic mass is 10.2. The highest BCUT2D eigenvalue weighted by atomic mass is 15.4. The van der Waals surface area contributed by atoms with E-state index in [-0.39, 0.29) is 0 Å². The van der Waals surface area contributed by atoms with Crippen LogP contribution in [-0.4, -0.2) is 25.6 Å². The molecule has 66 valence electrons. The molecule has 3 aromatic rings. The third-order valence-corrected chi connectivity index (χ3v) is 2.06. The topological polar surface area (TPSA) is 64.5 Å². The molecular formula is C9H5N5. The van der Waals surface area contributed by atoms with Gasteiger partial charge in [-0.25, -0.2) is 0 Å². The number of pyridine rings is 1. The van der Waals surface area contributed by atoms with E-state index in [2.05, 4.69) is 25.6 Å². The van der Waals surface area contributed by atoms with Crippen molar-refractivity contribution in [3.8, 4) is 0 Å². The molecule has 5 nitrogen and oxygen atoms in total. The third kappa shape index (κ3) is 0.922. The maximum atomic E-state index is 4.24. The second kappa shape index (κ2) is 2.66. The lowest BCUT2D eigenvalue weighted by Crippen LogP contribution is -1.93. The molecule has 2 aromatic heterocycles. The van der Waals surface area contributed by atoms with Gasteiger partial charge in [-0.3, -0.25) is 4.98 Å². The third-order valence-electron chi connectivity index (χ3n) is 2.06. The van der Waals surface area contributed by atoms with Gasteiger partial charge >= 0.3 is 0 Å². The van der Waals surface area contributed by atoms with Crippen LogP contribution in [0.1, 0.15) is 0 Å². The summed E-state index contributed by atoms with van der Waals surface area (Å²) >= 11 is 0. The normalized spacial score (nSPS) is 10.9. The number of fused-ring (bicyclic) bond motifs is 3. The van der Waals surface area contributed by atoms with E-state index in [1.165, 1.54) is 0 Å². The largest absolute Gasteiger partial charge is 0.254 e. The van der Waals surface area contributed by atoms with Gasteiger partial charge < -0.3 is 0 Å². The molecule has 14 heavy (non-hydrogen) atoms. The molecule has 0 unspecified atom stereocenters. The molecule has 3 rings (SSSR count). The van der Waals surface area contributed by atoms with Crippen LogP contribution in [0.3, 0.4) is 0 Å². The Hall–Kier alpha value is -2.17. The minimum absolute atomic E-state index is 0.693. The average molecular weight is 183 g/mol. The van der Waals surface area contributed by atoms with E-state index in [9.17, 15) is 0 Å². The van der Waals surface area contributed by atoms with Crippen molar-refractivity contribution in [1.82, 2.24) is 25.6 Å². The first kappa shape index (κ1) is 7.25.